The quantitative estimate of drug-likeness (QED) is 0.803. The van der Waals surface area contributed by atoms with Crippen LogP contribution in [0.4, 0.5) is 0 Å². The van der Waals surface area contributed by atoms with Crippen molar-refractivity contribution < 1.29 is 24.1 Å². The van der Waals surface area contributed by atoms with Crippen LogP contribution in [0.2, 0.25) is 0 Å². The van der Waals surface area contributed by atoms with E-state index in [0.29, 0.717) is 31.3 Å². The lowest BCUT2D eigenvalue weighted by Gasteiger charge is -2.47. The number of ether oxygens (including phenoxy) is 4. The third kappa shape index (κ3) is 2.81. The van der Waals surface area contributed by atoms with Crippen molar-refractivity contribution in [3.8, 4) is 0 Å². The van der Waals surface area contributed by atoms with E-state index in [2.05, 4.69) is 6.58 Å². The molecule has 2 heterocycles. The summed E-state index contributed by atoms with van der Waals surface area (Å²) in [5, 5.41) is 10.3. The van der Waals surface area contributed by atoms with Gasteiger partial charge in [0, 0.05) is 16.9 Å². The Morgan fingerprint density at radius 1 is 1.17 bits per heavy atom. The van der Waals surface area contributed by atoms with Crippen molar-refractivity contribution in [3.63, 3.8) is 0 Å². The van der Waals surface area contributed by atoms with Gasteiger partial charge in [-0.3, -0.25) is 0 Å². The first kappa shape index (κ1) is 15.4. The summed E-state index contributed by atoms with van der Waals surface area (Å²) in [5.41, 5.74) is 0.917. The second kappa shape index (κ2) is 5.56. The Labute approximate surface area is 142 Å². The highest BCUT2D eigenvalue weighted by Gasteiger charge is 2.50. The summed E-state index contributed by atoms with van der Waals surface area (Å²) >= 11 is 0. The van der Waals surface area contributed by atoms with Gasteiger partial charge in [0.25, 0.3) is 0 Å². The molecule has 5 nitrogen and oxygen atoms in total. The Bertz CT molecular complexity index is 562. The van der Waals surface area contributed by atoms with E-state index in [-0.39, 0.29) is 17.8 Å². The van der Waals surface area contributed by atoms with Crippen LogP contribution in [0, 0.1) is 11.3 Å². The molecular formula is C19H26O5. The molecule has 2 aliphatic heterocycles. The normalized spacial score (nSPS) is 50.2. The number of fused-ring (bicyclic) bond motifs is 1. The lowest BCUT2D eigenvalue weighted by atomic mass is 9.72. The average molecular weight is 334 g/mol. The number of rotatable bonds is 3. The van der Waals surface area contributed by atoms with Gasteiger partial charge in [-0.1, -0.05) is 6.58 Å². The van der Waals surface area contributed by atoms with E-state index in [1.54, 1.807) is 0 Å². The van der Waals surface area contributed by atoms with Gasteiger partial charge in [0.15, 0.2) is 6.29 Å². The molecule has 132 valence electrons. The number of aliphatic hydroxyl groups is 1. The van der Waals surface area contributed by atoms with Crippen LogP contribution in [0.1, 0.15) is 38.5 Å². The SMILES string of the molecule is C=C1C=C1OC1CC2(CCC1O)COC(C1CCC3OC3C1)OC2. The number of hydrogen-bond donors (Lipinski definition) is 1. The Hall–Kier alpha value is -0.880. The van der Waals surface area contributed by atoms with Gasteiger partial charge in [0.1, 0.15) is 11.9 Å². The predicted octanol–water partition coefficient (Wildman–Crippen LogP) is 2.30. The van der Waals surface area contributed by atoms with E-state index in [0.717, 1.165) is 49.9 Å². The lowest BCUT2D eigenvalue weighted by molar-refractivity contribution is -0.266. The molecule has 24 heavy (non-hydrogen) atoms. The number of allylic oxidation sites excluding steroid dienone is 2. The molecule has 5 rings (SSSR count). The molecule has 5 atom stereocenters. The van der Waals surface area contributed by atoms with Gasteiger partial charge in [-0.25, -0.2) is 0 Å². The topological polar surface area (TPSA) is 60.5 Å². The summed E-state index contributed by atoms with van der Waals surface area (Å²) in [6.45, 7) is 5.26. The summed E-state index contributed by atoms with van der Waals surface area (Å²) in [4.78, 5) is 0. The summed E-state index contributed by atoms with van der Waals surface area (Å²) in [5.74, 6) is 1.31. The van der Waals surface area contributed by atoms with Crippen molar-refractivity contribution in [1.29, 1.82) is 0 Å². The summed E-state index contributed by atoms with van der Waals surface area (Å²) in [6.07, 6.45) is 8.01. The zero-order valence-electron chi connectivity index (χ0n) is 14.0. The highest BCUT2D eigenvalue weighted by molar-refractivity contribution is 5.51. The van der Waals surface area contributed by atoms with Crippen molar-refractivity contribution in [1.82, 2.24) is 0 Å². The van der Waals surface area contributed by atoms with Crippen molar-refractivity contribution >= 4 is 0 Å². The monoisotopic (exact) mass is 334 g/mol. The Morgan fingerprint density at radius 3 is 2.67 bits per heavy atom. The summed E-state index contributed by atoms with van der Waals surface area (Å²) in [6, 6.07) is 0. The van der Waals surface area contributed by atoms with Gasteiger partial charge in [0.05, 0.1) is 31.5 Å². The van der Waals surface area contributed by atoms with Crippen LogP contribution in [-0.4, -0.2) is 49.0 Å². The zero-order valence-corrected chi connectivity index (χ0v) is 14.0. The fraction of sp³-hybridized carbons (Fsp3) is 0.789. The maximum atomic E-state index is 10.3. The third-order valence-corrected chi connectivity index (χ3v) is 6.39. The molecule has 0 radical (unpaired) electrons. The van der Waals surface area contributed by atoms with Gasteiger partial charge in [-0.2, -0.15) is 0 Å². The summed E-state index contributed by atoms with van der Waals surface area (Å²) < 4.78 is 23.8. The average Bonchev–Trinajstić information content (AvgIpc) is 3.49. The van der Waals surface area contributed by atoms with Crippen molar-refractivity contribution in [3.05, 3.63) is 24.0 Å². The Balaban J connectivity index is 1.18. The van der Waals surface area contributed by atoms with Crippen LogP contribution >= 0.6 is 0 Å². The molecule has 3 aliphatic carbocycles. The predicted molar refractivity (Wildman–Crippen MR) is 86.1 cm³/mol. The smallest absolute Gasteiger partial charge is 0.160 e. The van der Waals surface area contributed by atoms with E-state index >= 15 is 0 Å². The van der Waals surface area contributed by atoms with Gasteiger partial charge in [-0.15, -0.1) is 0 Å². The second-order valence-electron chi connectivity index (χ2n) is 8.28. The molecule has 5 aliphatic rings. The van der Waals surface area contributed by atoms with E-state index in [1.165, 1.54) is 0 Å². The molecule has 5 heteroatoms. The molecular weight excluding hydrogens is 308 g/mol. The van der Waals surface area contributed by atoms with E-state index in [1.807, 2.05) is 6.08 Å². The molecule has 2 saturated heterocycles. The minimum atomic E-state index is -0.412. The highest BCUT2D eigenvalue weighted by Crippen LogP contribution is 2.46. The molecule has 0 amide bonds. The van der Waals surface area contributed by atoms with Crippen molar-refractivity contribution in [2.75, 3.05) is 13.2 Å². The number of aliphatic hydroxyl groups excluding tert-OH is 1. The van der Waals surface area contributed by atoms with Crippen LogP contribution in [0.25, 0.3) is 0 Å². The molecule has 0 bridgehead atoms. The Kier molecular flexibility index (Phi) is 3.56. The minimum absolute atomic E-state index is 0.0234. The number of epoxide rings is 1. The van der Waals surface area contributed by atoms with Crippen molar-refractivity contribution in [2.45, 2.75) is 69.2 Å². The van der Waals surface area contributed by atoms with Crippen LogP contribution in [0.15, 0.2) is 24.0 Å². The van der Waals surface area contributed by atoms with Gasteiger partial charge in [-0.05, 0) is 44.6 Å². The fourth-order valence-electron chi connectivity index (χ4n) is 4.64. The molecule has 0 aromatic carbocycles. The van der Waals surface area contributed by atoms with Crippen molar-refractivity contribution in [2.24, 2.45) is 11.3 Å². The molecule has 1 N–H and O–H groups in total. The second-order valence-corrected chi connectivity index (χ2v) is 8.28. The molecule has 0 aromatic heterocycles. The third-order valence-electron chi connectivity index (χ3n) is 6.39. The van der Waals surface area contributed by atoms with Crippen LogP contribution in [0.5, 0.6) is 0 Å². The first-order valence-electron chi connectivity index (χ1n) is 9.26. The first-order chi connectivity index (χ1) is 11.6. The van der Waals surface area contributed by atoms with Crippen LogP contribution in [-0.2, 0) is 18.9 Å². The largest absolute Gasteiger partial charge is 0.487 e. The number of hydrogen-bond acceptors (Lipinski definition) is 5. The van der Waals surface area contributed by atoms with Crippen LogP contribution < -0.4 is 0 Å². The minimum Gasteiger partial charge on any atom is -0.487 e. The molecule has 4 fully saturated rings. The Morgan fingerprint density at radius 2 is 1.96 bits per heavy atom. The van der Waals surface area contributed by atoms with E-state index < -0.39 is 6.10 Å². The fourth-order valence-corrected chi connectivity index (χ4v) is 4.64. The van der Waals surface area contributed by atoms with Gasteiger partial charge < -0.3 is 24.1 Å². The summed E-state index contributed by atoms with van der Waals surface area (Å²) in [7, 11) is 0. The standard InChI is InChI=1S/C19H26O5/c1-11-6-15(11)24-17-8-19(5-4-13(17)20)9-21-18(22-10-19)12-2-3-14-16(7-12)23-14/h6,12-14,16-18,20H,1-5,7-10H2. The molecule has 2 saturated carbocycles. The molecule has 1 spiro atoms. The van der Waals surface area contributed by atoms with Gasteiger partial charge >= 0.3 is 0 Å². The molecule has 5 unspecified atom stereocenters. The maximum absolute atomic E-state index is 10.3. The maximum Gasteiger partial charge on any atom is 0.160 e. The van der Waals surface area contributed by atoms with E-state index in [9.17, 15) is 5.11 Å². The molecule has 0 aromatic rings. The van der Waals surface area contributed by atoms with Crippen LogP contribution in [0.3, 0.4) is 0 Å². The zero-order chi connectivity index (χ0) is 16.3. The lowest BCUT2D eigenvalue weighted by Crippen LogP contribution is -2.51. The highest BCUT2D eigenvalue weighted by atomic mass is 16.7. The van der Waals surface area contributed by atoms with E-state index in [4.69, 9.17) is 18.9 Å². The van der Waals surface area contributed by atoms with Gasteiger partial charge in [0.2, 0.25) is 0 Å². The first-order valence-corrected chi connectivity index (χ1v) is 9.26.